The smallest absolute Gasteiger partial charge is 0.0712 e. The first-order valence-electron chi connectivity index (χ1n) is 4.65. The zero-order chi connectivity index (χ0) is 10.7. The van der Waals surface area contributed by atoms with Gasteiger partial charge in [0.1, 0.15) is 0 Å². The van der Waals surface area contributed by atoms with Crippen LogP contribution >= 0.6 is 15.9 Å². The van der Waals surface area contributed by atoms with Crippen molar-refractivity contribution in [3.63, 3.8) is 0 Å². The molecular formula is C11H11BrN2O. The van der Waals surface area contributed by atoms with E-state index in [1.165, 1.54) is 5.56 Å². The molecule has 1 heterocycles. The predicted molar refractivity (Wildman–Crippen MR) is 61.4 cm³/mol. The molecule has 0 fully saturated rings. The lowest BCUT2D eigenvalue weighted by Crippen LogP contribution is -2.00. The van der Waals surface area contributed by atoms with E-state index >= 15 is 0 Å². The first-order chi connectivity index (χ1) is 7.29. The number of nitrogens with zero attached hydrogens (tertiary/aromatic N) is 2. The second-order valence-electron chi connectivity index (χ2n) is 3.30. The summed E-state index contributed by atoms with van der Waals surface area (Å²) in [5.74, 6) is 0. The van der Waals surface area contributed by atoms with Crippen LogP contribution in [0.2, 0.25) is 0 Å². The molecule has 4 heteroatoms. The van der Waals surface area contributed by atoms with Crippen LogP contribution in [-0.2, 0) is 13.2 Å². The van der Waals surface area contributed by atoms with Crippen LogP contribution in [0.5, 0.6) is 0 Å². The van der Waals surface area contributed by atoms with Gasteiger partial charge in [-0.2, -0.15) is 5.10 Å². The van der Waals surface area contributed by atoms with Gasteiger partial charge in [0.25, 0.3) is 0 Å². The van der Waals surface area contributed by atoms with E-state index in [1.807, 2.05) is 35.1 Å². The number of aromatic nitrogens is 2. The molecule has 0 saturated carbocycles. The third kappa shape index (κ3) is 2.46. The number of aliphatic hydroxyl groups excluding tert-OH is 1. The van der Waals surface area contributed by atoms with Gasteiger partial charge in [0.05, 0.1) is 19.3 Å². The summed E-state index contributed by atoms with van der Waals surface area (Å²) in [6.45, 7) is 0.747. The van der Waals surface area contributed by atoms with Gasteiger partial charge in [0.15, 0.2) is 0 Å². The summed E-state index contributed by atoms with van der Waals surface area (Å²) in [7, 11) is 0. The Morgan fingerprint density at radius 2 is 2.13 bits per heavy atom. The van der Waals surface area contributed by atoms with Gasteiger partial charge < -0.3 is 5.11 Å². The van der Waals surface area contributed by atoms with E-state index in [4.69, 9.17) is 5.11 Å². The lowest BCUT2D eigenvalue weighted by Gasteiger charge is -2.03. The number of hydrogen-bond acceptors (Lipinski definition) is 2. The highest BCUT2D eigenvalue weighted by molar-refractivity contribution is 9.10. The van der Waals surface area contributed by atoms with Crippen LogP contribution in [0.1, 0.15) is 11.1 Å². The zero-order valence-corrected chi connectivity index (χ0v) is 9.68. The molecule has 15 heavy (non-hydrogen) atoms. The Hall–Kier alpha value is -1.13. The maximum absolute atomic E-state index is 8.91. The van der Waals surface area contributed by atoms with Crippen LogP contribution in [0, 0.1) is 0 Å². The molecule has 0 saturated heterocycles. The molecule has 0 unspecified atom stereocenters. The van der Waals surface area contributed by atoms with Crippen molar-refractivity contribution in [3.05, 3.63) is 52.3 Å². The number of aliphatic hydroxyl groups is 1. The Morgan fingerprint density at radius 3 is 2.80 bits per heavy atom. The molecule has 0 radical (unpaired) electrons. The normalized spacial score (nSPS) is 10.5. The largest absolute Gasteiger partial charge is 0.392 e. The molecule has 1 aromatic carbocycles. The molecule has 78 valence electrons. The standard InChI is InChI=1S/C11H11BrN2O/c12-11-4-2-1-3-10(11)7-14-6-9(8-15)5-13-14/h1-6,15H,7-8H2. The van der Waals surface area contributed by atoms with Gasteiger partial charge in [0.2, 0.25) is 0 Å². The van der Waals surface area contributed by atoms with Crippen LogP contribution < -0.4 is 0 Å². The lowest BCUT2D eigenvalue weighted by molar-refractivity contribution is 0.281. The topological polar surface area (TPSA) is 38.1 Å². The Kier molecular flexibility index (Phi) is 3.18. The Balaban J connectivity index is 2.18. The van der Waals surface area contributed by atoms with Crippen LogP contribution in [0.4, 0.5) is 0 Å². The van der Waals surface area contributed by atoms with E-state index in [2.05, 4.69) is 21.0 Å². The van der Waals surface area contributed by atoms with Gasteiger partial charge in [-0.1, -0.05) is 34.1 Å². The number of halogens is 1. The maximum Gasteiger partial charge on any atom is 0.0712 e. The van der Waals surface area contributed by atoms with Crippen LogP contribution in [0.3, 0.4) is 0 Å². The van der Waals surface area contributed by atoms with Crippen molar-refractivity contribution < 1.29 is 5.11 Å². The van der Waals surface area contributed by atoms with E-state index in [-0.39, 0.29) is 6.61 Å². The quantitative estimate of drug-likeness (QED) is 0.925. The number of benzene rings is 1. The highest BCUT2D eigenvalue weighted by atomic mass is 79.9. The molecule has 0 aliphatic heterocycles. The fraction of sp³-hybridized carbons (Fsp3) is 0.182. The molecule has 0 amide bonds. The number of hydrogen-bond donors (Lipinski definition) is 1. The molecule has 0 atom stereocenters. The van der Waals surface area contributed by atoms with E-state index in [0.29, 0.717) is 6.54 Å². The van der Waals surface area contributed by atoms with E-state index in [1.54, 1.807) is 6.20 Å². The summed E-state index contributed by atoms with van der Waals surface area (Å²) < 4.78 is 2.89. The summed E-state index contributed by atoms with van der Waals surface area (Å²) >= 11 is 3.49. The molecular weight excluding hydrogens is 256 g/mol. The van der Waals surface area contributed by atoms with Crippen molar-refractivity contribution in [1.82, 2.24) is 9.78 Å². The van der Waals surface area contributed by atoms with Crippen molar-refractivity contribution in [2.75, 3.05) is 0 Å². The van der Waals surface area contributed by atoms with Gasteiger partial charge in [-0.3, -0.25) is 4.68 Å². The van der Waals surface area contributed by atoms with Gasteiger partial charge in [-0.25, -0.2) is 0 Å². The SMILES string of the molecule is OCc1cnn(Cc2ccccc2Br)c1. The Bertz CT molecular complexity index is 453. The summed E-state index contributed by atoms with van der Waals surface area (Å²) in [5.41, 5.74) is 2.01. The van der Waals surface area contributed by atoms with Crippen LogP contribution in [0.25, 0.3) is 0 Å². The van der Waals surface area contributed by atoms with Crippen molar-refractivity contribution in [1.29, 1.82) is 0 Å². The van der Waals surface area contributed by atoms with Crippen molar-refractivity contribution >= 4 is 15.9 Å². The molecule has 1 N–H and O–H groups in total. The Morgan fingerprint density at radius 1 is 1.33 bits per heavy atom. The maximum atomic E-state index is 8.91. The average molecular weight is 267 g/mol. The summed E-state index contributed by atoms with van der Waals surface area (Å²) in [4.78, 5) is 0. The third-order valence-corrected chi connectivity index (χ3v) is 2.93. The predicted octanol–water partition coefficient (Wildman–Crippen LogP) is 2.19. The molecule has 1 aromatic heterocycles. The zero-order valence-electron chi connectivity index (χ0n) is 8.10. The first kappa shape index (κ1) is 10.4. The van der Waals surface area contributed by atoms with Gasteiger partial charge in [-0.15, -0.1) is 0 Å². The second kappa shape index (κ2) is 4.59. The second-order valence-corrected chi connectivity index (χ2v) is 4.15. The molecule has 2 aromatic rings. The molecule has 0 spiro atoms. The summed E-state index contributed by atoms with van der Waals surface area (Å²) in [5, 5.41) is 13.1. The average Bonchev–Trinajstić information content (AvgIpc) is 2.69. The van der Waals surface area contributed by atoms with Crippen LogP contribution in [-0.4, -0.2) is 14.9 Å². The molecule has 0 bridgehead atoms. The summed E-state index contributed by atoms with van der Waals surface area (Å²) in [6, 6.07) is 8.03. The van der Waals surface area contributed by atoms with Crippen molar-refractivity contribution in [2.24, 2.45) is 0 Å². The monoisotopic (exact) mass is 266 g/mol. The molecule has 3 nitrogen and oxygen atoms in total. The minimum absolute atomic E-state index is 0.0377. The molecule has 0 aliphatic carbocycles. The van der Waals surface area contributed by atoms with Gasteiger partial charge in [0, 0.05) is 16.2 Å². The highest BCUT2D eigenvalue weighted by Gasteiger charge is 2.01. The summed E-state index contributed by atoms with van der Waals surface area (Å²) in [6.07, 6.45) is 3.52. The number of rotatable bonds is 3. The minimum atomic E-state index is 0.0377. The van der Waals surface area contributed by atoms with Crippen molar-refractivity contribution in [3.8, 4) is 0 Å². The van der Waals surface area contributed by atoms with Gasteiger partial charge >= 0.3 is 0 Å². The van der Waals surface area contributed by atoms with E-state index in [0.717, 1.165) is 10.0 Å². The molecule has 0 aliphatic rings. The third-order valence-electron chi connectivity index (χ3n) is 2.16. The first-order valence-corrected chi connectivity index (χ1v) is 5.44. The lowest BCUT2D eigenvalue weighted by atomic mass is 10.2. The fourth-order valence-electron chi connectivity index (χ4n) is 1.38. The minimum Gasteiger partial charge on any atom is -0.392 e. The Labute approximate surface area is 96.5 Å². The van der Waals surface area contributed by atoms with Crippen LogP contribution in [0.15, 0.2) is 41.1 Å². The fourth-order valence-corrected chi connectivity index (χ4v) is 1.79. The molecule has 2 rings (SSSR count). The van der Waals surface area contributed by atoms with E-state index < -0.39 is 0 Å². The van der Waals surface area contributed by atoms with Crippen molar-refractivity contribution in [2.45, 2.75) is 13.2 Å². The highest BCUT2D eigenvalue weighted by Crippen LogP contribution is 2.16. The van der Waals surface area contributed by atoms with Gasteiger partial charge in [-0.05, 0) is 11.6 Å². The van der Waals surface area contributed by atoms with E-state index in [9.17, 15) is 0 Å².